The fourth-order valence-corrected chi connectivity index (χ4v) is 3.65. The van der Waals surface area contributed by atoms with E-state index in [1.807, 2.05) is 57.2 Å². The zero-order chi connectivity index (χ0) is 22.1. The van der Waals surface area contributed by atoms with Crippen molar-refractivity contribution in [1.29, 1.82) is 0 Å². The van der Waals surface area contributed by atoms with Crippen molar-refractivity contribution in [3.8, 4) is 17.1 Å². The lowest BCUT2D eigenvalue weighted by Gasteiger charge is -2.08. The largest absolute Gasteiger partial charge is 0.319 e. The van der Waals surface area contributed by atoms with Crippen LogP contribution in [0, 0.1) is 26.6 Å². The molecule has 0 unspecified atom stereocenters. The van der Waals surface area contributed by atoms with E-state index in [1.165, 1.54) is 12.1 Å². The first-order chi connectivity index (χ1) is 14.8. The topological polar surface area (TPSA) is 59.8 Å². The maximum Gasteiger partial charge on any atom is 0.295 e. The Morgan fingerprint density at radius 2 is 1.68 bits per heavy atom. The molecule has 4 aromatic rings. The van der Waals surface area contributed by atoms with Gasteiger partial charge < -0.3 is 5.32 Å². The molecule has 1 heterocycles. The van der Waals surface area contributed by atoms with E-state index >= 15 is 0 Å². The molecule has 1 amide bonds. The molecule has 0 aliphatic rings. The number of rotatable bonds is 4. The number of halogens is 2. The highest BCUT2D eigenvalue weighted by atomic mass is 79.9. The van der Waals surface area contributed by atoms with E-state index in [0.29, 0.717) is 17.1 Å². The molecule has 0 saturated heterocycles. The predicted octanol–water partition coefficient (Wildman–Crippen LogP) is 6.01. The number of aryl methyl sites for hydroxylation is 3. The molecule has 0 fully saturated rings. The molecule has 4 rings (SSSR count). The number of nitrogens with one attached hydrogen (secondary N) is 1. The highest BCUT2D eigenvalue weighted by Gasteiger charge is 2.20. The minimum absolute atomic E-state index is 0.0277. The number of amides is 1. The number of benzene rings is 3. The summed E-state index contributed by atoms with van der Waals surface area (Å²) in [5, 5.41) is 7.35. The van der Waals surface area contributed by atoms with Gasteiger partial charge in [0.15, 0.2) is 5.82 Å². The van der Waals surface area contributed by atoms with Crippen molar-refractivity contribution >= 4 is 27.5 Å². The lowest BCUT2D eigenvalue weighted by molar-refractivity contribution is 0.101. The molecule has 3 aromatic carbocycles. The summed E-state index contributed by atoms with van der Waals surface area (Å²) in [5.41, 5.74) is 5.26. The van der Waals surface area contributed by atoms with Crippen LogP contribution in [0.25, 0.3) is 17.1 Å². The summed E-state index contributed by atoms with van der Waals surface area (Å²) in [6, 6.07) is 17.5. The van der Waals surface area contributed by atoms with Gasteiger partial charge >= 0.3 is 0 Å². The van der Waals surface area contributed by atoms with Crippen LogP contribution in [0.2, 0.25) is 0 Å². The second-order valence-electron chi connectivity index (χ2n) is 7.36. The summed E-state index contributed by atoms with van der Waals surface area (Å²) in [4.78, 5) is 17.4. The lowest BCUT2D eigenvalue weighted by Crippen LogP contribution is -2.15. The minimum atomic E-state index is -0.420. The summed E-state index contributed by atoms with van der Waals surface area (Å²) in [7, 11) is 0. The van der Waals surface area contributed by atoms with Gasteiger partial charge in [-0.2, -0.15) is 0 Å². The molecule has 0 bridgehead atoms. The van der Waals surface area contributed by atoms with E-state index in [2.05, 4.69) is 31.3 Å². The van der Waals surface area contributed by atoms with Gasteiger partial charge in [-0.1, -0.05) is 22.0 Å². The van der Waals surface area contributed by atoms with E-state index in [-0.39, 0.29) is 11.6 Å². The van der Waals surface area contributed by atoms with E-state index in [9.17, 15) is 9.18 Å². The van der Waals surface area contributed by atoms with Crippen molar-refractivity contribution in [3.05, 3.63) is 93.5 Å². The van der Waals surface area contributed by atoms with Gasteiger partial charge in [0.05, 0.1) is 5.69 Å². The Morgan fingerprint density at radius 3 is 2.35 bits per heavy atom. The summed E-state index contributed by atoms with van der Waals surface area (Å²) in [6.07, 6.45) is 0. The van der Waals surface area contributed by atoms with Crippen LogP contribution in [0.15, 0.2) is 65.1 Å². The molecule has 0 radical (unpaired) electrons. The zero-order valence-corrected chi connectivity index (χ0v) is 18.9. The number of aromatic nitrogens is 3. The van der Waals surface area contributed by atoms with Gasteiger partial charge in [0.1, 0.15) is 5.82 Å². The monoisotopic (exact) mass is 478 g/mol. The van der Waals surface area contributed by atoms with Crippen molar-refractivity contribution in [2.45, 2.75) is 20.8 Å². The summed E-state index contributed by atoms with van der Waals surface area (Å²) < 4.78 is 16.0. The third-order valence-electron chi connectivity index (χ3n) is 5.08. The lowest BCUT2D eigenvalue weighted by atomic mass is 10.1. The second-order valence-corrected chi connectivity index (χ2v) is 8.28. The van der Waals surface area contributed by atoms with E-state index in [1.54, 1.807) is 16.8 Å². The number of hydrogen-bond acceptors (Lipinski definition) is 3. The summed E-state index contributed by atoms with van der Waals surface area (Å²) >= 11 is 3.42. The van der Waals surface area contributed by atoms with Crippen LogP contribution >= 0.6 is 15.9 Å². The van der Waals surface area contributed by atoms with E-state index in [4.69, 9.17) is 0 Å². The average molecular weight is 479 g/mol. The molecule has 0 aliphatic carbocycles. The quantitative estimate of drug-likeness (QED) is 0.390. The smallest absolute Gasteiger partial charge is 0.295 e. The Hall–Kier alpha value is -3.32. The Labute approximate surface area is 188 Å². The van der Waals surface area contributed by atoms with Crippen LogP contribution in [0.4, 0.5) is 10.1 Å². The molecule has 1 aromatic heterocycles. The Bertz CT molecular complexity index is 1280. The van der Waals surface area contributed by atoms with Crippen LogP contribution in [0.5, 0.6) is 0 Å². The number of hydrogen-bond donors (Lipinski definition) is 1. The molecule has 0 aliphatic heterocycles. The fraction of sp³-hybridized carbons (Fsp3) is 0.125. The van der Waals surface area contributed by atoms with Crippen molar-refractivity contribution in [2.75, 3.05) is 5.32 Å². The Balaban J connectivity index is 1.77. The number of anilines is 1. The van der Waals surface area contributed by atoms with Gasteiger partial charge in [-0.25, -0.2) is 14.1 Å². The van der Waals surface area contributed by atoms with Crippen LogP contribution in [0.1, 0.15) is 27.3 Å². The van der Waals surface area contributed by atoms with Gasteiger partial charge in [-0.15, -0.1) is 5.10 Å². The van der Waals surface area contributed by atoms with Gasteiger partial charge in [-0.3, -0.25) is 4.79 Å². The van der Waals surface area contributed by atoms with Crippen molar-refractivity contribution in [1.82, 2.24) is 14.8 Å². The first-order valence-electron chi connectivity index (χ1n) is 9.70. The van der Waals surface area contributed by atoms with E-state index < -0.39 is 5.91 Å². The van der Waals surface area contributed by atoms with E-state index in [0.717, 1.165) is 26.9 Å². The van der Waals surface area contributed by atoms with Gasteiger partial charge in [-0.05, 0) is 92.1 Å². The average Bonchev–Trinajstić information content (AvgIpc) is 3.18. The molecule has 0 atom stereocenters. The summed E-state index contributed by atoms with van der Waals surface area (Å²) in [5.74, 6) is -0.276. The van der Waals surface area contributed by atoms with Gasteiger partial charge in [0, 0.05) is 15.7 Å². The standard InChI is InChI=1S/C24H20BrFN4O/c1-14-4-10-20(13-15(14)2)30-23(17-5-8-19(26)9-6-17)28-22(29-30)24(31)27-21-11-7-18(25)12-16(21)3/h4-13H,1-3H3,(H,27,31). The maximum atomic E-state index is 13.5. The number of nitrogens with zero attached hydrogens (tertiary/aromatic N) is 3. The molecule has 0 spiro atoms. The van der Waals surface area contributed by atoms with Crippen molar-refractivity contribution in [3.63, 3.8) is 0 Å². The SMILES string of the molecule is Cc1ccc(-n2nc(C(=O)Nc3ccc(Br)cc3C)nc2-c2ccc(F)cc2)cc1C. The van der Waals surface area contributed by atoms with Crippen LogP contribution in [-0.4, -0.2) is 20.7 Å². The molecular weight excluding hydrogens is 459 g/mol. The molecule has 1 N–H and O–H groups in total. The molecule has 156 valence electrons. The van der Waals surface area contributed by atoms with Crippen LogP contribution in [0.3, 0.4) is 0 Å². The van der Waals surface area contributed by atoms with Crippen LogP contribution < -0.4 is 5.32 Å². The third-order valence-corrected chi connectivity index (χ3v) is 5.58. The first kappa shape index (κ1) is 20.9. The highest BCUT2D eigenvalue weighted by molar-refractivity contribution is 9.10. The molecular formula is C24H20BrFN4O. The first-order valence-corrected chi connectivity index (χ1v) is 10.5. The highest BCUT2D eigenvalue weighted by Crippen LogP contribution is 2.24. The second kappa shape index (κ2) is 8.43. The van der Waals surface area contributed by atoms with Crippen molar-refractivity contribution in [2.24, 2.45) is 0 Å². The molecule has 0 saturated carbocycles. The Morgan fingerprint density at radius 1 is 0.935 bits per heavy atom. The van der Waals surface area contributed by atoms with Crippen molar-refractivity contribution < 1.29 is 9.18 Å². The minimum Gasteiger partial charge on any atom is -0.319 e. The van der Waals surface area contributed by atoms with Gasteiger partial charge in [0.25, 0.3) is 5.91 Å². The zero-order valence-electron chi connectivity index (χ0n) is 17.3. The molecule has 31 heavy (non-hydrogen) atoms. The molecule has 5 nitrogen and oxygen atoms in total. The normalized spacial score (nSPS) is 10.9. The fourth-order valence-electron chi connectivity index (χ4n) is 3.18. The van der Waals surface area contributed by atoms with Gasteiger partial charge in [0.2, 0.25) is 5.82 Å². The molecule has 7 heteroatoms. The predicted molar refractivity (Wildman–Crippen MR) is 123 cm³/mol. The maximum absolute atomic E-state index is 13.5. The summed E-state index contributed by atoms with van der Waals surface area (Å²) in [6.45, 7) is 5.95. The number of carbonyl (C=O) groups excluding carboxylic acids is 1. The Kier molecular flexibility index (Phi) is 5.69. The van der Waals surface area contributed by atoms with Crippen LogP contribution in [-0.2, 0) is 0 Å². The number of carbonyl (C=O) groups is 1. The third kappa shape index (κ3) is 4.41.